The number of carboxylic acid groups (broad SMARTS) is 5. The Bertz CT molecular complexity index is 872. The molecule has 1 aromatic rings. The van der Waals surface area contributed by atoms with Gasteiger partial charge in [0, 0.05) is 66.1 Å². The maximum absolute atomic E-state index is 11.9. The van der Waals surface area contributed by atoms with Crippen LogP contribution in [-0.2, 0) is 35.3 Å². The Hall–Kier alpha value is -2.27. The van der Waals surface area contributed by atoms with Gasteiger partial charge >= 0.3 is 29.8 Å². The normalized spacial score (nSPS) is 11.8. The van der Waals surface area contributed by atoms with Crippen LogP contribution in [0.4, 0.5) is 0 Å². The minimum atomic E-state index is -1.33. The van der Waals surface area contributed by atoms with E-state index < -0.39 is 62.1 Å². The molecule has 0 heterocycles. The zero-order valence-corrected chi connectivity index (χ0v) is 22.2. The third-order valence-electron chi connectivity index (χ3n) is 4.96. The summed E-state index contributed by atoms with van der Waals surface area (Å²) in [7, 11) is 0. The van der Waals surface area contributed by atoms with Gasteiger partial charge in [-0.05, 0) is 5.56 Å². The average molecular weight is 671 g/mol. The van der Waals surface area contributed by atoms with Crippen molar-refractivity contribution in [3.05, 3.63) is 35.9 Å². The first-order valence-electron chi connectivity index (χ1n) is 10.9. The van der Waals surface area contributed by atoms with Gasteiger partial charge in [0.25, 0.3) is 0 Å². The Morgan fingerprint density at radius 2 is 1.14 bits per heavy atom. The first kappa shape index (κ1) is 34.7. The van der Waals surface area contributed by atoms with Crippen molar-refractivity contribution < 1.29 is 94.2 Å². The number of benzene rings is 1. The fraction of sp³-hybridized carbons (Fsp3) is 0.500. The fourth-order valence-corrected chi connectivity index (χ4v) is 3.32. The van der Waals surface area contributed by atoms with Crippen LogP contribution in [0.25, 0.3) is 0 Å². The molecule has 0 amide bonds. The molecule has 14 nitrogen and oxygen atoms in total. The van der Waals surface area contributed by atoms with Crippen molar-refractivity contribution in [1.29, 1.82) is 0 Å². The molecule has 0 aliphatic carbocycles. The standard InChI is InChI=1S/C22H31N3O11.Gd/c26-18(27)10-23(6-7-24(11-19(28)29)12-20(30)31)8-9-25(13-21(32)33)17(22(34)35)15-36-14-16-4-2-1-3-5-16;/h1-5,17H,6-15H2,(H,26,27)(H,28,29)(H,30,31)(H,32,33)(H,34,35);. The Balaban J connectivity index is 0.0000130. The number of ether oxygens (including phenoxy) is 1. The summed E-state index contributed by atoms with van der Waals surface area (Å²) in [6, 6.07) is 7.62. The van der Waals surface area contributed by atoms with Gasteiger partial charge < -0.3 is 30.3 Å². The number of carbonyl (C=O) groups is 5. The van der Waals surface area contributed by atoms with Crippen molar-refractivity contribution in [2.45, 2.75) is 12.6 Å². The summed E-state index contributed by atoms with van der Waals surface area (Å²) in [5, 5.41) is 46.1. The van der Waals surface area contributed by atoms with E-state index in [2.05, 4.69) is 0 Å². The molecule has 0 spiro atoms. The Kier molecular flexibility index (Phi) is 17.7. The number of aliphatic carboxylic acids is 5. The van der Waals surface area contributed by atoms with E-state index in [-0.39, 0.29) is 79.3 Å². The predicted molar refractivity (Wildman–Crippen MR) is 123 cm³/mol. The molecule has 0 saturated heterocycles. The second kappa shape index (κ2) is 18.9. The molecule has 0 aromatic heterocycles. The third-order valence-corrected chi connectivity index (χ3v) is 4.96. The van der Waals surface area contributed by atoms with Crippen LogP contribution >= 0.6 is 0 Å². The summed E-state index contributed by atoms with van der Waals surface area (Å²) in [5.41, 5.74) is 0.798. The summed E-state index contributed by atoms with van der Waals surface area (Å²) in [4.78, 5) is 60.1. The third kappa shape index (κ3) is 16.2. The van der Waals surface area contributed by atoms with Crippen LogP contribution in [0.3, 0.4) is 0 Å². The topological polar surface area (TPSA) is 205 Å². The van der Waals surface area contributed by atoms with Gasteiger partial charge in [0.15, 0.2) is 0 Å². The van der Waals surface area contributed by atoms with Crippen LogP contribution in [0.1, 0.15) is 5.56 Å². The van der Waals surface area contributed by atoms with Gasteiger partial charge in [0.05, 0.1) is 39.4 Å². The van der Waals surface area contributed by atoms with Gasteiger partial charge in [-0.3, -0.25) is 38.7 Å². The quantitative estimate of drug-likeness (QED) is 0.112. The van der Waals surface area contributed by atoms with Crippen molar-refractivity contribution in [2.75, 3.05) is 59.0 Å². The van der Waals surface area contributed by atoms with E-state index in [4.69, 9.17) is 14.9 Å². The molecule has 0 aliphatic rings. The van der Waals surface area contributed by atoms with Gasteiger partial charge in [-0.25, -0.2) is 0 Å². The molecular weight excluding hydrogens is 640 g/mol. The van der Waals surface area contributed by atoms with E-state index in [1.165, 1.54) is 4.90 Å². The van der Waals surface area contributed by atoms with Crippen molar-refractivity contribution in [2.24, 2.45) is 0 Å². The molecule has 0 fully saturated rings. The average Bonchev–Trinajstić information content (AvgIpc) is 2.76. The largest absolute Gasteiger partial charge is 0.480 e. The summed E-state index contributed by atoms with van der Waals surface area (Å²) in [5.74, 6) is -6.34. The SMILES string of the molecule is O=C(O)CN(CCN(CC(=O)O)CC(=O)O)CCN(CC(=O)O)C(COCc1ccccc1)C(=O)O.[Gd]. The number of nitrogens with zero attached hydrogens (tertiary/aromatic N) is 3. The molecule has 0 bridgehead atoms. The van der Waals surface area contributed by atoms with Gasteiger partial charge in [0.1, 0.15) is 6.04 Å². The summed E-state index contributed by atoms with van der Waals surface area (Å²) < 4.78 is 5.49. The van der Waals surface area contributed by atoms with Gasteiger partial charge in [-0.2, -0.15) is 0 Å². The monoisotopic (exact) mass is 671 g/mol. The Morgan fingerprint density at radius 3 is 1.62 bits per heavy atom. The van der Waals surface area contributed by atoms with Gasteiger partial charge in [-0.15, -0.1) is 0 Å². The molecule has 1 atom stereocenters. The zero-order valence-electron chi connectivity index (χ0n) is 19.9. The molecule has 1 unspecified atom stereocenters. The van der Waals surface area contributed by atoms with E-state index in [9.17, 15) is 39.3 Å². The molecule has 0 aliphatic heterocycles. The smallest absolute Gasteiger partial charge is 0.323 e. The van der Waals surface area contributed by atoms with E-state index in [1.807, 2.05) is 6.07 Å². The van der Waals surface area contributed by atoms with E-state index >= 15 is 0 Å². The van der Waals surface area contributed by atoms with Crippen LogP contribution in [0.5, 0.6) is 0 Å². The van der Waals surface area contributed by atoms with Crippen molar-refractivity contribution in [3.8, 4) is 0 Å². The molecule has 15 heteroatoms. The van der Waals surface area contributed by atoms with Crippen LogP contribution in [0.2, 0.25) is 0 Å². The van der Waals surface area contributed by atoms with Crippen LogP contribution in [0, 0.1) is 39.9 Å². The minimum Gasteiger partial charge on any atom is -0.480 e. The Labute approximate surface area is 245 Å². The van der Waals surface area contributed by atoms with Crippen molar-refractivity contribution >= 4 is 29.8 Å². The van der Waals surface area contributed by atoms with Crippen molar-refractivity contribution in [3.63, 3.8) is 0 Å². The number of rotatable bonds is 20. The zero-order chi connectivity index (χ0) is 27.1. The molecule has 0 radical (unpaired) electrons. The van der Waals surface area contributed by atoms with Gasteiger partial charge in [-0.1, -0.05) is 30.3 Å². The second-order valence-electron chi connectivity index (χ2n) is 7.89. The van der Waals surface area contributed by atoms with E-state index in [0.717, 1.165) is 15.4 Å². The molecule has 5 N–H and O–H groups in total. The predicted octanol–water partition coefficient (Wildman–Crippen LogP) is -1.10. The maximum atomic E-state index is 11.9. The molecule has 208 valence electrons. The molecule has 1 rings (SSSR count). The van der Waals surface area contributed by atoms with Crippen molar-refractivity contribution in [1.82, 2.24) is 14.7 Å². The van der Waals surface area contributed by atoms with E-state index in [1.54, 1.807) is 24.3 Å². The summed E-state index contributed by atoms with van der Waals surface area (Å²) in [6.07, 6.45) is 0. The summed E-state index contributed by atoms with van der Waals surface area (Å²) >= 11 is 0. The van der Waals surface area contributed by atoms with Crippen LogP contribution in [-0.4, -0.2) is 135 Å². The number of hydrogen-bond donors (Lipinski definition) is 5. The van der Waals surface area contributed by atoms with Crippen LogP contribution < -0.4 is 0 Å². The molecule has 0 saturated carbocycles. The first-order valence-corrected chi connectivity index (χ1v) is 10.9. The minimum absolute atomic E-state index is 0. The maximum Gasteiger partial charge on any atom is 0.323 e. The Morgan fingerprint density at radius 1 is 0.676 bits per heavy atom. The van der Waals surface area contributed by atoms with Crippen LogP contribution in [0.15, 0.2) is 30.3 Å². The summed E-state index contributed by atoms with van der Waals surface area (Å²) in [6.45, 7) is -2.85. The fourth-order valence-electron chi connectivity index (χ4n) is 3.32. The number of hydrogen-bond acceptors (Lipinski definition) is 9. The van der Waals surface area contributed by atoms with Gasteiger partial charge in [0.2, 0.25) is 0 Å². The number of carboxylic acids is 5. The van der Waals surface area contributed by atoms with E-state index in [0.29, 0.717) is 0 Å². The molecule has 1 aromatic carbocycles. The second-order valence-corrected chi connectivity index (χ2v) is 7.89. The first-order chi connectivity index (χ1) is 17.0. The molecule has 37 heavy (non-hydrogen) atoms. The molecular formula is C22H31GdN3O11.